The highest BCUT2D eigenvalue weighted by Crippen LogP contribution is 2.21. The lowest BCUT2D eigenvalue weighted by Gasteiger charge is -2.23. The summed E-state index contributed by atoms with van der Waals surface area (Å²) >= 11 is 0. The van der Waals surface area contributed by atoms with Crippen LogP contribution in [0.15, 0.2) is 6.20 Å². The minimum Gasteiger partial charge on any atom is -0.285 e. The van der Waals surface area contributed by atoms with Crippen LogP contribution in [0.3, 0.4) is 0 Å². The second kappa shape index (κ2) is 4.94. The molecule has 15 heavy (non-hydrogen) atoms. The van der Waals surface area contributed by atoms with E-state index in [2.05, 4.69) is 29.9 Å². The number of aromatic nitrogens is 2. The molecular weight excluding hydrogens is 188 g/mol. The molecule has 0 aromatic carbocycles. The van der Waals surface area contributed by atoms with Gasteiger partial charge in [-0.05, 0) is 20.0 Å². The van der Waals surface area contributed by atoms with Gasteiger partial charge in [0, 0.05) is 18.8 Å². The predicted molar refractivity (Wildman–Crippen MR) is 59.2 cm³/mol. The van der Waals surface area contributed by atoms with Crippen molar-refractivity contribution in [3.05, 3.63) is 17.5 Å². The van der Waals surface area contributed by atoms with Crippen molar-refractivity contribution >= 4 is 0 Å². The number of rotatable bonds is 4. The highest BCUT2D eigenvalue weighted by Gasteiger charge is 2.20. The summed E-state index contributed by atoms with van der Waals surface area (Å²) in [6, 6.07) is 2.17. The molecule has 0 aliphatic rings. The molecule has 1 unspecified atom stereocenters. The Morgan fingerprint density at radius 3 is 2.47 bits per heavy atom. The van der Waals surface area contributed by atoms with Crippen molar-refractivity contribution in [2.75, 3.05) is 13.1 Å². The zero-order valence-electron chi connectivity index (χ0n) is 9.86. The Morgan fingerprint density at radius 2 is 2.13 bits per heavy atom. The van der Waals surface area contributed by atoms with E-state index in [0.29, 0.717) is 0 Å². The monoisotopic (exact) mass is 206 g/mol. The van der Waals surface area contributed by atoms with Gasteiger partial charge in [0.1, 0.15) is 6.04 Å². The second-order valence-corrected chi connectivity index (χ2v) is 3.60. The van der Waals surface area contributed by atoms with Gasteiger partial charge in [-0.15, -0.1) is 0 Å². The Bertz CT molecular complexity index is 357. The van der Waals surface area contributed by atoms with E-state index in [1.807, 2.05) is 20.2 Å². The van der Waals surface area contributed by atoms with Gasteiger partial charge in [-0.3, -0.25) is 9.58 Å². The van der Waals surface area contributed by atoms with Crippen molar-refractivity contribution in [2.45, 2.75) is 26.8 Å². The first-order valence-electron chi connectivity index (χ1n) is 5.27. The maximum atomic E-state index is 9.22. The zero-order chi connectivity index (χ0) is 11.4. The summed E-state index contributed by atoms with van der Waals surface area (Å²) in [5.74, 6) is 0. The van der Waals surface area contributed by atoms with Crippen LogP contribution in [-0.4, -0.2) is 27.8 Å². The maximum absolute atomic E-state index is 9.22. The van der Waals surface area contributed by atoms with E-state index in [0.717, 1.165) is 24.3 Å². The molecule has 0 saturated carbocycles. The molecule has 4 nitrogen and oxygen atoms in total. The minimum atomic E-state index is -0.173. The smallest absolute Gasteiger partial charge is 0.127 e. The summed E-state index contributed by atoms with van der Waals surface area (Å²) < 4.78 is 1.76. The van der Waals surface area contributed by atoms with Crippen molar-refractivity contribution in [1.82, 2.24) is 14.7 Å². The van der Waals surface area contributed by atoms with E-state index >= 15 is 0 Å². The van der Waals surface area contributed by atoms with Crippen LogP contribution in [0.1, 0.15) is 31.1 Å². The molecule has 0 N–H and O–H groups in total. The van der Waals surface area contributed by atoms with E-state index in [1.54, 1.807) is 4.68 Å². The summed E-state index contributed by atoms with van der Waals surface area (Å²) in [5, 5.41) is 13.5. The first-order valence-corrected chi connectivity index (χ1v) is 5.27. The van der Waals surface area contributed by atoms with Gasteiger partial charge in [0.05, 0.1) is 11.8 Å². The van der Waals surface area contributed by atoms with Crippen LogP contribution in [0.5, 0.6) is 0 Å². The SMILES string of the molecule is CCN(CC)C(C#N)c1cn(C)nc1C. The van der Waals surface area contributed by atoms with Gasteiger partial charge in [0.15, 0.2) is 0 Å². The number of nitriles is 1. The topological polar surface area (TPSA) is 44.9 Å². The molecule has 1 atom stereocenters. The van der Waals surface area contributed by atoms with Crippen LogP contribution < -0.4 is 0 Å². The van der Waals surface area contributed by atoms with Gasteiger partial charge in [-0.1, -0.05) is 13.8 Å². The molecular formula is C11H18N4. The first kappa shape index (κ1) is 11.7. The van der Waals surface area contributed by atoms with Crippen molar-refractivity contribution in [3.63, 3.8) is 0 Å². The first-order chi connectivity index (χ1) is 7.13. The lowest BCUT2D eigenvalue weighted by Crippen LogP contribution is -2.27. The highest BCUT2D eigenvalue weighted by molar-refractivity contribution is 5.25. The summed E-state index contributed by atoms with van der Waals surface area (Å²) in [6.45, 7) is 7.84. The average molecular weight is 206 g/mol. The van der Waals surface area contributed by atoms with Crippen LogP contribution in [0, 0.1) is 18.3 Å². The fourth-order valence-electron chi connectivity index (χ4n) is 1.82. The third-order valence-electron chi connectivity index (χ3n) is 2.65. The second-order valence-electron chi connectivity index (χ2n) is 3.60. The summed E-state index contributed by atoms with van der Waals surface area (Å²) in [5.41, 5.74) is 1.96. The molecule has 1 aromatic heterocycles. The molecule has 0 radical (unpaired) electrons. The van der Waals surface area contributed by atoms with Gasteiger partial charge in [-0.2, -0.15) is 10.4 Å². The molecule has 1 rings (SSSR count). The molecule has 82 valence electrons. The standard InChI is InChI=1S/C11H18N4/c1-5-15(6-2)11(7-12)10-8-14(4)13-9(10)3/h8,11H,5-6H2,1-4H3. The van der Waals surface area contributed by atoms with Crippen molar-refractivity contribution in [2.24, 2.45) is 7.05 Å². The maximum Gasteiger partial charge on any atom is 0.127 e. The third kappa shape index (κ3) is 2.37. The zero-order valence-corrected chi connectivity index (χ0v) is 9.86. The fraction of sp³-hybridized carbons (Fsp3) is 0.636. The summed E-state index contributed by atoms with van der Waals surface area (Å²) in [4.78, 5) is 2.13. The van der Waals surface area contributed by atoms with E-state index in [4.69, 9.17) is 0 Å². The fourth-order valence-corrected chi connectivity index (χ4v) is 1.82. The molecule has 0 fully saturated rings. The van der Waals surface area contributed by atoms with Crippen LogP contribution in [0.25, 0.3) is 0 Å². The molecule has 0 amide bonds. The van der Waals surface area contributed by atoms with Gasteiger partial charge >= 0.3 is 0 Å². The van der Waals surface area contributed by atoms with Gasteiger partial charge in [0.25, 0.3) is 0 Å². The Kier molecular flexibility index (Phi) is 3.87. The lowest BCUT2D eigenvalue weighted by molar-refractivity contribution is 0.262. The molecule has 0 saturated heterocycles. The number of hydrogen-bond donors (Lipinski definition) is 0. The van der Waals surface area contributed by atoms with Crippen LogP contribution in [-0.2, 0) is 7.05 Å². The molecule has 0 aliphatic carbocycles. The Morgan fingerprint density at radius 1 is 1.53 bits per heavy atom. The van der Waals surface area contributed by atoms with Gasteiger partial charge in [-0.25, -0.2) is 0 Å². The van der Waals surface area contributed by atoms with Crippen LogP contribution >= 0.6 is 0 Å². The number of aryl methyl sites for hydroxylation is 2. The van der Waals surface area contributed by atoms with E-state index in [1.165, 1.54) is 0 Å². The molecule has 0 bridgehead atoms. The highest BCUT2D eigenvalue weighted by atomic mass is 15.3. The Labute approximate surface area is 91.1 Å². The van der Waals surface area contributed by atoms with E-state index in [-0.39, 0.29) is 6.04 Å². The summed E-state index contributed by atoms with van der Waals surface area (Å²) in [7, 11) is 1.88. The molecule has 4 heteroatoms. The number of nitrogens with zero attached hydrogens (tertiary/aromatic N) is 4. The van der Waals surface area contributed by atoms with Crippen LogP contribution in [0.4, 0.5) is 0 Å². The van der Waals surface area contributed by atoms with Gasteiger partial charge in [0.2, 0.25) is 0 Å². The quantitative estimate of drug-likeness (QED) is 0.752. The largest absolute Gasteiger partial charge is 0.285 e. The predicted octanol–water partition coefficient (Wildman–Crippen LogP) is 1.64. The molecule has 1 aromatic rings. The van der Waals surface area contributed by atoms with Crippen molar-refractivity contribution < 1.29 is 0 Å². The Hall–Kier alpha value is -1.34. The number of hydrogen-bond acceptors (Lipinski definition) is 3. The minimum absolute atomic E-state index is 0.173. The van der Waals surface area contributed by atoms with Crippen molar-refractivity contribution in [3.8, 4) is 6.07 Å². The third-order valence-corrected chi connectivity index (χ3v) is 2.65. The lowest BCUT2D eigenvalue weighted by atomic mass is 10.1. The van der Waals surface area contributed by atoms with Crippen LogP contribution in [0.2, 0.25) is 0 Å². The molecule has 0 spiro atoms. The average Bonchev–Trinajstić information content (AvgIpc) is 2.54. The van der Waals surface area contributed by atoms with E-state index in [9.17, 15) is 5.26 Å². The van der Waals surface area contributed by atoms with Gasteiger partial charge < -0.3 is 0 Å². The normalized spacial score (nSPS) is 12.8. The van der Waals surface area contributed by atoms with Crippen molar-refractivity contribution in [1.29, 1.82) is 5.26 Å². The van der Waals surface area contributed by atoms with E-state index < -0.39 is 0 Å². The summed E-state index contributed by atoms with van der Waals surface area (Å²) in [6.07, 6.45) is 1.93. The Balaban J connectivity index is 3.02. The molecule has 1 heterocycles. The molecule has 0 aliphatic heterocycles.